The zero-order chi connectivity index (χ0) is 15.1. The molecule has 2 aliphatic rings. The standard InChI is InChI=1S/C16H30N2O3/c1-2-21-15(13-6-3-4-7-13)9-10-17-16(20)18-11-5-8-14(18)12-19/h13-15,19H,2-12H2,1H3,(H,17,20). The molecule has 1 heterocycles. The van der Waals surface area contributed by atoms with Gasteiger partial charge in [-0.1, -0.05) is 12.8 Å². The molecule has 1 aliphatic carbocycles. The highest BCUT2D eigenvalue weighted by Crippen LogP contribution is 2.30. The summed E-state index contributed by atoms with van der Waals surface area (Å²) in [6.07, 6.45) is 8.22. The van der Waals surface area contributed by atoms with Crippen LogP contribution in [-0.4, -0.2) is 54.5 Å². The van der Waals surface area contributed by atoms with Crippen LogP contribution in [-0.2, 0) is 4.74 Å². The lowest BCUT2D eigenvalue weighted by Gasteiger charge is -2.26. The maximum atomic E-state index is 12.1. The van der Waals surface area contributed by atoms with Crippen LogP contribution in [0.4, 0.5) is 4.79 Å². The van der Waals surface area contributed by atoms with Crippen molar-refractivity contribution in [2.24, 2.45) is 5.92 Å². The summed E-state index contributed by atoms with van der Waals surface area (Å²) in [6.45, 7) is 4.27. The molecule has 0 aromatic heterocycles. The zero-order valence-electron chi connectivity index (χ0n) is 13.2. The Morgan fingerprint density at radius 2 is 2.10 bits per heavy atom. The molecule has 0 aromatic rings. The predicted octanol–water partition coefficient (Wildman–Crippen LogP) is 2.14. The summed E-state index contributed by atoms with van der Waals surface area (Å²) >= 11 is 0. The molecular formula is C16H30N2O3. The maximum Gasteiger partial charge on any atom is 0.317 e. The van der Waals surface area contributed by atoms with Gasteiger partial charge in [-0.25, -0.2) is 4.79 Å². The molecule has 0 aromatic carbocycles. The van der Waals surface area contributed by atoms with E-state index in [2.05, 4.69) is 5.32 Å². The number of ether oxygens (including phenoxy) is 1. The molecule has 1 saturated heterocycles. The third kappa shape index (κ3) is 4.58. The van der Waals surface area contributed by atoms with Crippen molar-refractivity contribution in [3.05, 3.63) is 0 Å². The van der Waals surface area contributed by atoms with Gasteiger partial charge in [0.15, 0.2) is 0 Å². The number of nitrogens with zero attached hydrogens (tertiary/aromatic N) is 1. The van der Waals surface area contributed by atoms with Gasteiger partial charge in [0, 0.05) is 19.7 Å². The second-order valence-electron chi connectivity index (χ2n) is 6.23. The third-order valence-electron chi connectivity index (χ3n) is 4.86. The molecule has 2 atom stereocenters. The molecule has 2 rings (SSSR count). The van der Waals surface area contributed by atoms with Crippen LogP contribution in [0.1, 0.15) is 51.9 Å². The van der Waals surface area contributed by atoms with Crippen LogP contribution >= 0.6 is 0 Å². The molecule has 0 bridgehead atoms. The Morgan fingerprint density at radius 3 is 2.76 bits per heavy atom. The minimum atomic E-state index is -0.0341. The molecule has 21 heavy (non-hydrogen) atoms. The fourth-order valence-corrected chi connectivity index (χ4v) is 3.71. The van der Waals surface area contributed by atoms with Crippen molar-refractivity contribution < 1.29 is 14.6 Å². The second kappa shape index (κ2) is 8.59. The number of amides is 2. The van der Waals surface area contributed by atoms with Gasteiger partial charge in [-0.3, -0.25) is 0 Å². The van der Waals surface area contributed by atoms with Crippen LogP contribution in [0.15, 0.2) is 0 Å². The first-order valence-corrected chi connectivity index (χ1v) is 8.53. The fraction of sp³-hybridized carbons (Fsp3) is 0.938. The van der Waals surface area contributed by atoms with Gasteiger partial charge in [0.1, 0.15) is 0 Å². The topological polar surface area (TPSA) is 61.8 Å². The largest absolute Gasteiger partial charge is 0.394 e. The van der Waals surface area contributed by atoms with E-state index >= 15 is 0 Å². The number of urea groups is 1. The molecular weight excluding hydrogens is 268 g/mol. The SMILES string of the molecule is CCOC(CCNC(=O)N1CCCC1CO)C1CCCC1. The van der Waals surface area contributed by atoms with Crippen LogP contribution in [0.3, 0.4) is 0 Å². The number of aliphatic hydroxyl groups excluding tert-OH is 1. The number of rotatable bonds is 7. The highest BCUT2D eigenvalue weighted by molar-refractivity contribution is 5.74. The minimum Gasteiger partial charge on any atom is -0.394 e. The molecule has 5 heteroatoms. The van der Waals surface area contributed by atoms with E-state index in [-0.39, 0.29) is 24.8 Å². The van der Waals surface area contributed by atoms with Gasteiger partial charge in [0.2, 0.25) is 0 Å². The Balaban J connectivity index is 1.72. The van der Waals surface area contributed by atoms with E-state index in [1.54, 1.807) is 4.90 Å². The van der Waals surface area contributed by atoms with Crippen LogP contribution in [0, 0.1) is 5.92 Å². The quantitative estimate of drug-likeness (QED) is 0.757. The number of nitrogens with one attached hydrogen (secondary N) is 1. The van der Waals surface area contributed by atoms with Crippen molar-refractivity contribution >= 4 is 6.03 Å². The highest BCUT2D eigenvalue weighted by atomic mass is 16.5. The molecule has 2 amide bonds. The maximum absolute atomic E-state index is 12.1. The normalized spacial score (nSPS) is 24.5. The summed E-state index contributed by atoms with van der Waals surface area (Å²) in [5.41, 5.74) is 0. The van der Waals surface area contributed by atoms with E-state index in [1.807, 2.05) is 6.92 Å². The average Bonchev–Trinajstić information content (AvgIpc) is 3.17. The third-order valence-corrected chi connectivity index (χ3v) is 4.86. The molecule has 0 spiro atoms. The van der Waals surface area contributed by atoms with Crippen molar-refractivity contribution in [3.63, 3.8) is 0 Å². The summed E-state index contributed by atoms with van der Waals surface area (Å²) in [4.78, 5) is 13.9. The first kappa shape index (κ1) is 16.6. The first-order chi connectivity index (χ1) is 10.3. The van der Waals surface area contributed by atoms with E-state index in [0.717, 1.165) is 32.4 Å². The Hall–Kier alpha value is -0.810. The fourth-order valence-electron chi connectivity index (χ4n) is 3.71. The predicted molar refractivity (Wildman–Crippen MR) is 82.2 cm³/mol. The van der Waals surface area contributed by atoms with Crippen molar-refractivity contribution in [2.75, 3.05) is 26.3 Å². The van der Waals surface area contributed by atoms with E-state index in [4.69, 9.17) is 4.74 Å². The van der Waals surface area contributed by atoms with Gasteiger partial charge in [-0.05, 0) is 44.9 Å². The summed E-state index contributed by atoms with van der Waals surface area (Å²) < 4.78 is 5.87. The van der Waals surface area contributed by atoms with Crippen molar-refractivity contribution in [3.8, 4) is 0 Å². The number of likely N-dealkylation sites (tertiary alicyclic amines) is 1. The summed E-state index contributed by atoms with van der Waals surface area (Å²) in [5.74, 6) is 0.666. The molecule has 1 aliphatic heterocycles. The number of carbonyl (C=O) groups is 1. The van der Waals surface area contributed by atoms with E-state index in [0.29, 0.717) is 12.5 Å². The Labute approximate surface area is 128 Å². The first-order valence-electron chi connectivity index (χ1n) is 8.53. The number of aliphatic hydroxyl groups is 1. The number of carbonyl (C=O) groups excluding carboxylic acids is 1. The Kier molecular flexibility index (Phi) is 6.77. The average molecular weight is 298 g/mol. The summed E-state index contributed by atoms with van der Waals surface area (Å²) in [6, 6.07) is -0.0317. The lowest BCUT2D eigenvalue weighted by molar-refractivity contribution is 0.0165. The van der Waals surface area contributed by atoms with E-state index < -0.39 is 0 Å². The van der Waals surface area contributed by atoms with Gasteiger partial charge >= 0.3 is 6.03 Å². The lowest BCUT2D eigenvalue weighted by Crippen LogP contribution is -2.45. The smallest absolute Gasteiger partial charge is 0.317 e. The van der Waals surface area contributed by atoms with Crippen LogP contribution in [0.25, 0.3) is 0 Å². The zero-order valence-corrected chi connectivity index (χ0v) is 13.2. The molecule has 2 fully saturated rings. The van der Waals surface area contributed by atoms with E-state index in [1.165, 1.54) is 25.7 Å². The molecule has 0 radical (unpaired) electrons. The van der Waals surface area contributed by atoms with E-state index in [9.17, 15) is 9.90 Å². The monoisotopic (exact) mass is 298 g/mol. The summed E-state index contributed by atoms with van der Waals surface area (Å²) in [7, 11) is 0. The molecule has 122 valence electrons. The molecule has 1 saturated carbocycles. The van der Waals surface area contributed by atoms with Gasteiger partial charge in [-0.15, -0.1) is 0 Å². The van der Waals surface area contributed by atoms with Crippen LogP contribution in [0.2, 0.25) is 0 Å². The van der Waals surface area contributed by atoms with Crippen molar-refractivity contribution in [1.29, 1.82) is 0 Å². The van der Waals surface area contributed by atoms with Crippen molar-refractivity contribution in [1.82, 2.24) is 10.2 Å². The Morgan fingerprint density at radius 1 is 1.33 bits per heavy atom. The van der Waals surface area contributed by atoms with Crippen molar-refractivity contribution in [2.45, 2.75) is 64.0 Å². The minimum absolute atomic E-state index is 0.00233. The summed E-state index contributed by atoms with van der Waals surface area (Å²) in [5, 5.41) is 12.3. The van der Waals surface area contributed by atoms with Gasteiger partial charge in [-0.2, -0.15) is 0 Å². The van der Waals surface area contributed by atoms with Crippen LogP contribution in [0.5, 0.6) is 0 Å². The Bertz CT molecular complexity index is 319. The molecule has 5 nitrogen and oxygen atoms in total. The number of hydrogen-bond acceptors (Lipinski definition) is 3. The van der Waals surface area contributed by atoms with Gasteiger partial charge < -0.3 is 20.1 Å². The van der Waals surface area contributed by atoms with Crippen LogP contribution < -0.4 is 5.32 Å². The second-order valence-corrected chi connectivity index (χ2v) is 6.23. The number of hydrogen-bond donors (Lipinski definition) is 2. The molecule has 2 N–H and O–H groups in total. The van der Waals surface area contributed by atoms with Gasteiger partial charge in [0.25, 0.3) is 0 Å². The highest BCUT2D eigenvalue weighted by Gasteiger charge is 2.29. The van der Waals surface area contributed by atoms with Gasteiger partial charge in [0.05, 0.1) is 18.8 Å². The molecule has 2 unspecified atom stereocenters. The lowest BCUT2D eigenvalue weighted by atomic mass is 9.98.